The normalized spacial score (nSPS) is 28.4. The van der Waals surface area contributed by atoms with Crippen LogP contribution in [-0.4, -0.2) is 40.2 Å². The van der Waals surface area contributed by atoms with Gasteiger partial charge in [-0.2, -0.15) is 11.8 Å². The first-order chi connectivity index (χ1) is 7.66. The Bertz CT molecular complexity index is 309. The largest absolute Gasteiger partial charge is 1.00 e. The predicted molar refractivity (Wildman–Crippen MR) is 61.6 cm³/mol. The third-order valence-electron chi connectivity index (χ3n) is 3.07. The standard InChI is InChI=1S/C10H16N2O3S.ClH.Na/c13-8(14)4-2-1-3-7-9-6(5-16-7)11-10(15)12-9;;/h6-7,9H,1-5H2,(H,13,14)(H2,11,12,15);1H;/q;;+1/p-1/t6-,7-,9-;;/m0../s1. The number of fused-ring (bicyclic) bond motifs is 1. The van der Waals surface area contributed by atoms with Gasteiger partial charge in [0.2, 0.25) is 0 Å². The Balaban J connectivity index is 0.00000144. The molecule has 0 aromatic rings. The van der Waals surface area contributed by atoms with Gasteiger partial charge in [-0.05, 0) is 12.8 Å². The topological polar surface area (TPSA) is 78.4 Å². The first kappa shape index (κ1) is 18.4. The molecule has 2 heterocycles. The van der Waals surface area contributed by atoms with Crippen LogP contribution in [0.4, 0.5) is 4.79 Å². The Morgan fingerprint density at radius 1 is 1.39 bits per heavy atom. The summed E-state index contributed by atoms with van der Waals surface area (Å²) in [6, 6.07) is 0.440. The van der Waals surface area contributed by atoms with Crippen molar-refractivity contribution in [3.8, 4) is 0 Å². The Morgan fingerprint density at radius 2 is 2.11 bits per heavy atom. The van der Waals surface area contributed by atoms with Crippen LogP contribution >= 0.6 is 11.8 Å². The summed E-state index contributed by atoms with van der Waals surface area (Å²) in [6.07, 6.45) is 2.88. The Kier molecular flexibility index (Phi) is 8.71. The number of carboxylic acid groups (broad SMARTS) is 1. The van der Waals surface area contributed by atoms with Gasteiger partial charge in [-0.15, -0.1) is 0 Å². The molecule has 2 aliphatic rings. The van der Waals surface area contributed by atoms with E-state index >= 15 is 0 Å². The minimum absolute atomic E-state index is 0. The molecular weight excluding hydrogens is 287 g/mol. The summed E-state index contributed by atoms with van der Waals surface area (Å²) in [5, 5.41) is 14.8. The van der Waals surface area contributed by atoms with E-state index in [1.807, 2.05) is 11.8 Å². The third-order valence-corrected chi connectivity index (χ3v) is 4.58. The number of hydrogen-bond donors (Lipinski definition) is 3. The number of halogens is 1. The number of carbonyl (C=O) groups excluding carboxylic acids is 1. The van der Waals surface area contributed by atoms with Gasteiger partial charge in [0, 0.05) is 17.4 Å². The molecule has 0 bridgehead atoms. The molecule has 18 heavy (non-hydrogen) atoms. The molecular formula is C10H16ClN2NaO3S. The number of carboxylic acids is 1. The average Bonchev–Trinajstić information content (AvgIpc) is 2.72. The van der Waals surface area contributed by atoms with Crippen LogP contribution in [-0.2, 0) is 4.79 Å². The fourth-order valence-corrected chi connectivity index (χ4v) is 3.81. The molecule has 0 aromatic carbocycles. The van der Waals surface area contributed by atoms with Crippen molar-refractivity contribution in [2.24, 2.45) is 0 Å². The minimum Gasteiger partial charge on any atom is -1.00 e. The summed E-state index contributed by atoms with van der Waals surface area (Å²) >= 11 is 1.87. The van der Waals surface area contributed by atoms with E-state index in [0.717, 1.165) is 25.0 Å². The van der Waals surface area contributed by atoms with E-state index in [0.29, 0.717) is 5.25 Å². The molecule has 2 amide bonds. The first-order valence-electron chi connectivity index (χ1n) is 5.57. The van der Waals surface area contributed by atoms with E-state index < -0.39 is 5.97 Å². The fourth-order valence-electron chi connectivity index (χ4n) is 2.26. The SMILES string of the molecule is O=C(O)CCCC[C@@H]1SC[C@@H]2NC(=O)N[C@@H]21.[Cl-].[Na+]. The molecule has 2 aliphatic heterocycles. The molecule has 0 aromatic heterocycles. The Hall–Kier alpha value is 0.380. The second kappa shape index (κ2) is 8.53. The first-order valence-corrected chi connectivity index (χ1v) is 6.62. The molecule has 8 heteroatoms. The number of nitrogens with one attached hydrogen (secondary N) is 2. The molecule has 0 saturated carbocycles. The van der Waals surface area contributed by atoms with Gasteiger partial charge in [-0.25, -0.2) is 4.79 Å². The van der Waals surface area contributed by atoms with Crippen molar-refractivity contribution >= 4 is 23.8 Å². The molecule has 2 fully saturated rings. The van der Waals surface area contributed by atoms with E-state index in [1.165, 1.54) is 0 Å². The zero-order chi connectivity index (χ0) is 11.5. The number of unbranched alkanes of at least 4 members (excludes halogenated alkanes) is 1. The van der Waals surface area contributed by atoms with Crippen molar-refractivity contribution in [3.05, 3.63) is 0 Å². The molecule has 2 rings (SSSR count). The van der Waals surface area contributed by atoms with E-state index in [1.54, 1.807) is 0 Å². The zero-order valence-electron chi connectivity index (χ0n) is 10.3. The van der Waals surface area contributed by atoms with E-state index in [-0.39, 0.29) is 66.5 Å². The van der Waals surface area contributed by atoms with Gasteiger partial charge in [0.05, 0.1) is 12.1 Å². The van der Waals surface area contributed by atoms with Crippen LogP contribution in [0.15, 0.2) is 0 Å². The second-order valence-corrected chi connectivity index (χ2v) is 5.53. The van der Waals surface area contributed by atoms with Crippen molar-refractivity contribution in [2.45, 2.75) is 43.0 Å². The van der Waals surface area contributed by atoms with Gasteiger partial charge in [0.1, 0.15) is 0 Å². The van der Waals surface area contributed by atoms with Gasteiger partial charge >= 0.3 is 41.6 Å². The number of amides is 2. The van der Waals surface area contributed by atoms with Crippen LogP contribution in [0.5, 0.6) is 0 Å². The number of aliphatic carboxylic acids is 1. The van der Waals surface area contributed by atoms with Crippen LogP contribution in [0.2, 0.25) is 0 Å². The van der Waals surface area contributed by atoms with Crippen molar-refractivity contribution in [3.63, 3.8) is 0 Å². The van der Waals surface area contributed by atoms with Crippen LogP contribution in [0.3, 0.4) is 0 Å². The van der Waals surface area contributed by atoms with Gasteiger partial charge in [-0.3, -0.25) is 4.79 Å². The maximum atomic E-state index is 11.1. The summed E-state index contributed by atoms with van der Waals surface area (Å²) in [7, 11) is 0. The van der Waals surface area contributed by atoms with E-state index in [4.69, 9.17) is 5.11 Å². The molecule has 0 aliphatic carbocycles. The van der Waals surface area contributed by atoms with Crippen LogP contribution in [0.1, 0.15) is 25.7 Å². The van der Waals surface area contributed by atoms with Gasteiger partial charge in [-0.1, -0.05) is 6.42 Å². The second-order valence-electron chi connectivity index (χ2n) is 4.26. The average molecular weight is 303 g/mol. The van der Waals surface area contributed by atoms with Crippen molar-refractivity contribution in [1.82, 2.24) is 10.6 Å². The number of urea groups is 1. The van der Waals surface area contributed by atoms with E-state index in [9.17, 15) is 9.59 Å². The molecule has 0 unspecified atom stereocenters. The van der Waals surface area contributed by atoms with Crippen molar-refractivity contribution in [2.75, 3.05) is 5.75 Å². The summed E-state index contributed by atoms with van der Waals surface area (Å²) in [4.78, 5) is 21.5. The van der Waals surface area contributed by atoms with Crippen molar-refractivity contribution < 1.29 is 56.7 Å². The number of rotatable bonds is 5. The van der Waals surface area contributed by atoms with Gasteiger partial charge < -0.3 is 28.1 Å². The maximum Gasteiger partial charge on any atom is 1.00 e. The zero-order valence-corrected chi connectivity index (χ0v) is 13.9. The molecule has 0 radical (unpaired) electrons. The minimum atomic E-state index is -0.729. The number of hydrogen-bond acceptors (Lipinski definition) is 3. The molecule has 0 spiro atoms. The number of thioether (sulfide) groups is 1. The summed E-state index contributed by atoms with van der Waals surface area (Å²) in [5.41, 5.74) is 0. The van der Waals surface area contributed by atoms with Crippen molar-refractivity contribution in [1.29, 1.82) is 0 Å². The molecule has 5 nitrogen and oxygen atoms in total. The third kappa shape index (κ3) is 4.81. The monoisotopic (exact) mass is 302 g/mol. The predicted octanol–water partition coefficient (Wildman–Crippen LogP) is -5.20. The Morgan fingerprint density at radius 3 is 2.78 bits per heavy atom. The molecule has 3 N–H and O–H groups in total. The molecule has 2 saturated heterocycles. The molecule has 3 atom stereocenters. The fraction of sp³-hybridized carbons (Fsp3) is 0.800. The quantitative estimate of drug-likeness (QED) is 0.270. The maximum absolute atomic E-state index is 11.1. The summed E-state index contributed by atoms with van der Waals surface area (Å²) < 4.78 is 0. The summed E-state index contributed by atoms with van der Waals surface area (Å²) in [5.74, 6) is 0.236. The van der Waals surface area contributed by atoms with Gasteiger partial charge in [0.25, 0.3) is 0 Å². The summed E-state index contributed by atoms with van der Waals surface area (Å²) in [6.45, 7) is 0. The van der Waals surface area contributed by atoms with E-state index in [2.05, 4.69) is 10.6 Å². The van der Waals surface area contributed by atoms with Crippen LogP contribution in [0, 0.1) is 0 Å². The number of carbonyl (C=O) groups is 2. The Labute approximate surface area is 139 Å². The van der Waals surface area contributed by atoms with Crippen LogP contribution in [0.25, 0.3) is 0 Å². The van der Waals surface area contributed by atoms with Gasteiger partial charge in [0.15, 0.2) is 0 Å². The smallest absolute Gasteiger partial charge is 1.00 e. The molecule has 98 valence electrons. The van der Waals surface area contributed by atoms with Crippen LogP contribution < -0.4 is 52.6 Å².